The van der Waals surface area contributed by atoms with Crippen LogP contribution in [0.1, 0.15) is 12.2 Å². The van der Waals surface area contributed by atoms with Crippen molar-refractivity contribution in [1.82, 2.24) is 25.5 Å². The van der Waals surface area contributed by atoms with Crippen molar-refractivity contribution in [3.8, 4) is 5.69 Å². The number of halogens is 1. The lowest BCUT2D eigenvalue weighted by atomic mass is 10.1. The van der Waals surface area contributed by atoms with Crippen LogP contribution in [-0.2, 0) is 6.42 Å². The van der Waals surface area contributed by atoms with Crippen molar-refractivity contribution in [2.45, 2.75) is 12.8 Å². The zero-order valence-electron chi connectivity index (χ0n) is 9.88. The van der Waals surface area contributed by atoms with Gasteiger partial charge in [0.15, 0.2) is 11.6 Å². The number of tetrazole rings is 1. The molecule has 1 unspecified atom stereocenters. The fraction of sp³-hybridized carbons (Fsp3) is 0.417. The smallest absolute Gasteiger partial charge is 0.175 e. The molecule has 0 radical (unpaired) electrons. The summed E-state index contributed by atoms with van der Waals surface area (Å²) < 4.78 is 13.6. The van der Waals surface area contributed by atoms with E-state index in [4.69, 9.17) is 0 Å². The van der Waals surface area contributed by atoms with Crippen LogP contribution in [-0.4, -0.2) is 33.3 Å². The number of nitrogens with one attached hydrogen (secondary N) is 1. The minimum absolute atomic E-state index is 0.334. The molecule has 0 amide bonds. The summed E-state index contributed by atoms with van der Waals surface area (Å²) in [4.78, 5) is 1.26. The van der Waals surface area contributed by atoms with Crippen molar-refractivity contribution in [2.24, 2.45) is 5.92 Å². The fourth-order valence-electron chi connectivity index (χ4n) is 2.19. The van der Waals surface area contributed by atoms with Crippen molar-refractivity contribution in [1.29, 1.82) is 0 Å². The minimum Gasteiger partial charge on any atom is -0.316 e. The molecule has 1 N–H and O–H groups in total. The van der Waals surface area contributed by atoms with Crippen molar-refractivity contribution >= 4 is 0 Å². The first kappa shape index (κ1) is 11.3. The van der Waals surface area contributed by atoms with E-state index in [1.165, 1.54) is 10.9 Å². The summed E-state index contributed by atoms with van der Waals surface area (Å²) in [5, 5.41) is 15.4. The Morgan fingerprint density at radius 1 is 1.39 bits per heavy atom. The summed E-state index contributed by atoms with van der Waals surface area (Å²) in [6.07, 6.45) is 1.93. The Morgan fingerprint density at radius 2 is 2.28 bits per heavy atom. The van der Waals surface area contributed by atoms with Gasteiger partial charge in [0.05, 0.1) is 0 Å². The van der Waals surface area contributed by atoms with Crippen LogP contribution in [0.3, 0.4) is 0 Å². The SMILES string of the molecule is Fc1ccccc1-n1nnc(CC2CCNC2)n1. The molecule has 0 aliphatic carbocycles. The standard InChI is InChI=1S/C12H14FN5/c13-10-3-1-2-4-11(10)18-16-12(15-17-18)7-9-5-6-14-8-9/h1-4,9,14H,5-8H2. The van der Waals surface area contributed by atoms with Crippen molar-refractivity contribution in [3.63, 3.8) is 0 Å². The highest BCUT2D eigenvalue weighted by Crippen LogP contribution is 2.13. The van der Waals surface area contributed by atoms with E-state index in [9.17, 15) is 4.39 Å². The second-order valence-corrected chi connectivity index (χ2v) is 4.51. The van der Waals surface area contributed by atoms with E-state index in [-0.39, 0.29) is 5.82 Å². The van der Waals surface area contributed by atoms with Crippen LogP contribution < -0.4 is 5.32 Å². The van der Waals surface area contributed by atoms with Crippen LogP contribution in [0.15, 0.2) is 24.3 Å². The predicted molar refractivity (Wildman–Crippen MR) is 63.8 cm³/mol. The lowest BCUT2D eigenvalue weighted by Crippen LogP contribution is -2.11. The summed E-state index contributed by atoms with van der Waals surface area (Å²) in [5.41, 5.74) is 0.334. The number of nitrogens with zero attached hydrogens (tertiary/aromatic N) is 4. The minimum atomic E-state index is -0.344. The molecule has 0 saturated carbocycles. The maximum absolute atomic E-state index is 13.6. The average molecular weight is 247 g/mol. The molecule has 0 bridgehead atoms. The number of rotatable bonds is 3. The van der Waals surface area contributed by atoms with E-state index < -0.39 is 0 Å². The van der Waals surface area contributed by atoms with E-state index in [0.717, 1.165) is 25.9 Å². The highest BCUT2D eigenvalue weighted by Gasteiger charge is 2.18. The molecule has 1 aliphatic rings. The molecular weight excluding hydrogens is 233 g/mol. The molecule has 1 atom stereocenters. The first-order valence-electron chi connectivity index (χ1n) is 6.07. The molecule has 18 heavy (non-hydrogen) atoms. The van der Waals surface area contributed by atoms with E-state index in [2.05, 4.69) is 20.7 Å². The molecule has 1 fully saturated rings. The summed E-state index contributed by atoms with van der Waals surface area (Å²) in [5.74, 6) is 0.888. The molecule has 2 heterocycles. The van der Waals surface area contributed by atoms with E-state index in [0.29, 0.717) is 17.4 Å². The Balaban J connectivity index is 1.79. The third-order valence-corrected chi connectivity index (χ3v) is 3.16. The van der Waals surface area contributed by atoms with Gasteiger partial charge in [0.1, 0.15) is 5.69 Å². The van der Waals surface area contributed by atoms with E-state index >= 15 is 0 Å². The highest BCUT2D eigenvalue weighted by molar-refractivity contribution is 5.30. The van der Waals surface area contributed by atoms with Crippen LogP contribution in [0.5, 0.6) is 0 Å². The Kier molecular flexibility index (Phi) is 3.02. The number of para-hydroxylation sites is 1. The van der Waals surface area contributed by atoms with Gasteiger partial charge in [0.25, 0.3) is 0 Å². The third-order valence-electron chi connectivity index (χ3n) is 3.16. The molecule has 0 spiro atoms. The van der Waals surface area contributed by atoms with Crippen molar-refractivity contribution < 1.29 is 4.39 Å². The summed E-state index contributed by atoms with van der Waals surface area (Å²) in [6.45, 7) is 2.04. The molecule has 1 aromatic heterocycles. The molecule has 2 aromatic rings. The van der Waals surface area contributed by atoms with Gasteiger partial charge < -0.3 is 5.32 Å². The predicted octanol–water partition coefficient (Wildman–Crippen LogP) is 0.953. The molecule has 3 rings (SSSR count). The summed E-state index contributed by atoms with van der Waals surface area (Å²) >= 11 is 0. The number of benzene rings is 1. The maximum Gasteiger partial charge on any atom is 0.175 e. The molecule has 5 nitrogen and oxygen atoms in total. The van der Waals surface area contributed by atoms with Crippen molar-refractivity contribution in [3.05, 3.63) is 35.9 Å². The summed E-state index contributed by atoms with van der Waals surface area (Å²) in [7, 11) is 0. The number of aromatic nitrogens is 4. The fourth-order valence-corrected chi connectivity index (χ4v) is 2.19. The Bertz CT molecular complexity index is 533. The van der Waals surface area contributed by atoms with E-state index in [1.807, 2.05) is 0 Å². The molecule has 1 aliphatic heterocycles. The Morgan fingerprint density at radius 3 is 3.06 bits per heavy atom. The molecule has 6 heteroatoms. The lowest BCUT2D eigenvalue weighted by molar-refractivity contribution is 0.558. The first-order valence-corrected chi connectivity index (χ1v) is 6.07. The van der Waals surface area contributed by atoms with Gasteiger partial charge in [-0.15, -0.1) is 15.0 Å². The van der Waals surface area contributed by atoms with Gasteiger partial charge in [0, 0.05) is 6.42 Å². The molecular formula is C12H14FN5. The van der Waals surface area contributed by atoms with Gasteiger partial charge >= 0.3 is 0 Å². The van der Waals surface area contributed by atoms with E-state index in [1.54, 1.807) is 18.2 Å². The number of hydrogen-bond acceptors (Lipinski definition) is 4. The Labute approximate surface area is 104 Å². The second-order valence-electron chi connectivity index (χ2n) is 4.51. The quantitative estimate of drug-likeness (QED) is 0.877. The largest absolute Gasteiger partial charge is 0.316 e. The monoisotopic (exact) mass is 247 g/mol. The van der Waals surface area contributed by atoms with Gasteiger partial charge in [-0.05, 0) is 42.8 Å². The van der Waals surface area contributed by atoms with Crippen LogP contribution in [0.2, 0.25) is 0 Å². The zero-order chi connectivity index (χ0) is 12.4. The lowest BCUT2D eigenvalue weighted by Gasteiger charge is -2.02. The molecule has 1 aromatic carbocycles. The number of hydrogen-bond donors (Lipinski definition) is 1. The molecule has 1 saturated heterocycles. The second kappa shape index (κ2) is 4.81. The van der Waals surface area contributed by atoms with Gasteiger partial charge in [0.2, 0.25) is 0 Å². The normalized spacial score (nSPS) is 19.3. The van der Waals surface area contributed by atoms with Crippen LogP contribution in [0, 0.1) is 11.7 Å². The zero-order valence-corrected chi connectivity index (χ0v) is 9.88. The van der Waals surface area contributed by atoms with Crippen LogP contribution in [0.25, 0.3) is 5.69 Å². The maximum atomic E-state index is 13.6. The van der Waals surface area contributed by atoms with Gasteiger partial charge in [-0.2, -0.15) is 0 Å². The third kappa shape index (κ3) is 2.24. The highest BCUT2D eigenvalue weighted by atomic mass is 19.1. The van der Waals surface area contributed by atoms with Gasteiger partial charge in [-0.3, -0.25) is 0 Å². The molecule has 94 valence electrons. The van der Waals surface area contributed by atoms with Gasteiger partial charge in [-0.1, -0.05) is 12.1 Å². The first-order chi connectivity index (χ1) is 8.83. The van der Waals surface area contributed by atoms with Crippen LogP contribution in [0.4, 0.5) is 4.39 Å². The average Bonchev–Trinajstić information content (AvgIpc) is 3.02. The van der Waals surface area contributed by atoms with Crippen molar-refractivity contribution in [2.75, 3.05) is 13.1 Å². The topological polar surface area (TPSA) is 55.6 Å². The Hall–Kier alpha value is -1.82. The summed E-state index contributed by atoms with van der Waals surface area (Å²) in [6, 6.07) is 6.42. The van der Waals surface area contributed by atoms with Crippen LogP contribution >= 0.6 is 0 Å². The van der Waals surface area contributed by atoms with Gasteiger partial charge in [-0.25, -0.2) is 4.39 Å².